The molecule has 1 aromatic heterocycles. The summed E-state index contributed by atoms with van der Waals surface area (Å²) in [5.41, 5.74) is 2.96. The van der Waals surface area contributed by atoms with Crippen molar-refractivity contribution in [3.63, 3.8) is 0 Å². The van der Waals surface area contributed by atoms with Crippen molar-refractivity contribution < 1.29 is 0 Å². The molecule has 0 radical (unpaired) electrons. The first-order chi connectivity index (χ1) is 7.68. The van der Waals surface area contributed by atoms with E-state index in [0.717, 1.165) is 22.6 Å². The Morgan fingerprint density at radius 3 is 2.38 bits per heavy atom. The summed E-state index contributed by atoms with van der Waals surface area (Å²) in [5.74, 6) is 0.744. The largest absolute Gasteiger partial charge is 0.339 e. The third kappa shape index (κ3) is 2.14. The Morgan fingerprint density at radius 1 is 1.00 bits per heavy atom. The topological polar surface area (TPSA) is 37.8 Å². The Kier molecular flexibility index (Phi) is 3.06. The Balaban J connectivity index is 2.33. The van der Waals surface area contributed by atoms with Gasteiger partial charge < -0.3 is 5.32 Å². The number of anilines is 2. The predicted octanol–water partition coefficient (Wildman–Crippen LogP) is 3.49. The molecule has 1 aromatic carbocycles. The Morgan fingerprint density at radius 2 is 1.69 bits per heavy atom. The van der Waals surface area contributed by atoms with Gasteiger partial charge in [-0.15, -0.1) is 10.2 Å². The van der Waals surface area contributed by atoms with Gasteiger partial charge in [0.25, 0.3) is 0 Å². The van der Waals surface area contributed by atoms with Gasteiger partial charge in [0, 0.05) is 5.69 Å². The molecule has 0 saturated heterocycles. The molecule has 1 N–H and O–H groups in total. The summed E-state index contributed by atoms with van der Waals surface area (Å²) in [4.78, 5) is 0. The molecule has 4 heteroatoms. The van der Waals surface area contributed by atoms with Crippen LogP contribution < -0.4 is 5.32 Å². The van der Waals surface area contributed by atoms with Gasteiger partial charge >= 0.3 is 0 Å². The third-order valence-electron chi connectivity index (χ3n) is 2.50. The summed E-state index contributed by atoms with van der Waals surface area (Å²) in [5, 5.41) is 11.6. The van der Waals surface area contributed by atoms with Crippen molar-refractivity contribution in [2.24, 2.45) is 0 Å². The molecule has 0 aliphatic heterocycles. The molecule has 0 bridgehead atoms. The van der Waals surface area contributed by atoms with Crippen molar-refractivity contribution in [1.29, 1.82) is 0 Å². The molecule has 82 valence electrons. The van der Waals surface area contributed by atoms with Gasteiger partial charge in [-0.3, -0.25) is 0 Å². The van der Waals surface area contributed by atoms with Crippen LogP contribution in [-0.2, 0) is 0 Å². The number of benzene rings is 1. The Bertz CT molecular complexity index is 497. The van der Waals surface area contributed by atoms with E-state index in [1.807, 2.05) is 44.2 Å². The maximum Gasteiger partial charge on any atom is 0.156 e. The van der Waals surface area contributed by atoms with Crippen molar-refractivity contribution in [1.82, 2.24) is 10.2 Å². The van der Waals surface area contributed by atoms with Crippen LogP contribution >= 0.6 is 11.6 Å². The average molecular weight is 234 g/mol. The van der Waals surface area contributed by atoms with Crippen molar-refractivity contribution in [2.45, 2.75) is 13.8 Å². The van der Waals surface area contributed by atoms with Crippen LogP contribution in [0.15, 0.2) is 30.3 Å². The SMILES string of the molecule is Cc1c(Cl)nnc(Nc2ccccc2)c1C. The minimum Gasteiger partial charge on any atom is -0.339 e. The molecule has 2 aromatic rings. The minimum absolute atomic E-state index is 0.455. The maximum atomic E-state index is 5.89. The molecular formula is C12H12ClN3. The highest BCUT2D eigenvalue weighted by Crippen LogP contribution is 2.23. The van der Waals surface area contributed by atoms with E-state index in [1.165, 1.54) is 0 Å². The zero-order valence-corrected chi connectivity index (χ0v) is 9.92. The van der Waals surface area contributed by atoms with E-state index in [9.17, 15) is 0 Å². The summed E-state index contributed by atoms with van der Waals surface area (Å²) >= 11 is 5.89. The van der Waals surface area contributed by atoms with Gasteiger partial charge in [-0.05, 0) is 37.1 Å². The summed E-state index contributed by atoms with van der Waals surface area (Å²) < 4.78 is 0. The van der Waals surface area contributed by atoms with Gasteiger partial charge in [-0.2, -0.15) is 0 Å². The normalized spacial score (nSPS) is 10.2. The first-order valence-electron chi connectivity index (χ1n) is 5.00. The number of halogens is 1. The van der Waals surface area contributed by atoms with Gasteiger partial charge in [-0.1, -0.05) is 29.8 Å². The second-order valence-electron chi connectivity index (χ2n) is 3.58. The van der Waals surface area contributed by atoms with Gasteiger partial charge in [0.1, 0.15) is 0 Å². The second kappa shape index (κ2) is 4.49. The fourth-order valence-corrected chi connectivity index (χ4v) is 1.53. The van der Waals surface area contributed by atoms with Crippen LogP contribution in [0, 0.1) is 13.8 Å². The number of hydrogen-bond donors (Lipinski definition) is 1. The Hall–Kier alpha value is -1.61. The lowest BCUT2D eigenvalue weighted by Crippen LogP contribution is -2.01. The maximum absolute atomic E-state index is 5.89. The van der Waals surface area contributed by atoms with Crippen molar-refractivity contribution in [3.05, 3.63) is 46.6 Å². The third-order valence-corrected chi connectivity index (χ3v) is 2.86. The van der Waals surface area contributed by atoms with Crippen LogP contribution in [0.25, 0.3) is 0 Å². The molecule has 1 heterocycles. The zero-order chi connectivity index (χ0) is 11.5. The van der Waals surface area contributed by atoms with Gasteiger partial charge in [0.2, 0.25) is 0 Å². The van der Waals surface area contributed by atoms with E-state index < -0.39 is 0 Å². The number of rotatable bonds is 2. The lowest BCUT2D eigenvalue weighted by atomic mass is 10.2. The summed E-state index contributed by atoms with van der Waals surface area (Å²) in [7, 11) is 0. The molecule has 0 aliphatic rings. The molecule has 3 nitrogen and oxygen atoms in total. The molecule has 0 fully saturated rings. The van der Waals surface area contributed by atoms with Crippen LogP contribution in [0.1, 0.15) is 11.1 Å². The van der Waals surface area contributed by atoms with Gasteiger partial charge in [-0.25, -0.2) is 0 Å². The highest BCUT2D eigenvalue weighted by Gasteiger charge is 2.07. The van der Waals surface area contributed by atoms with Crippen LogP contribution in [0.3, 0.4) is 0 Å². The van der Waals surface area contributed by atoms with E-state index in [0.29, 0.717) is 5.15 Å². The molecule has 16 heavy (non-hydrogen) atoms. The molecule has 0 spiro atoms. The summed E-state index contributed by atoms with van der Waals surface area (Å²) in [6, 6.07) is 9.86. The molecule has 0 atom stereocenters. The first-order valence-corrected chi connectivity index (χ1v) is 5.37. The lowest BCUT2D eigenvalue weighted by Gasteiger charge is -2.09. The average Bonchev–Trinajstić information content (AvgIpc) is 2.31. The standard InChI is InChI=1S/C12H12ClN3/c1-8-9(2)12(16-15-11(8)13)14-10-6-4-3-5-7-10/h3-7H,1-2H3,(H,14,16). The highest BCUT2D eigenvalue weighted by atomic mass is 35.5. The Labute approximate surface area is 99.5 Å². The van der Waals surface area contributed by atoms with Crippen molar-refractivity contribution in [3.8, 4) is 0 Å². The zero-order valence-electron chi connectivity index (χ0n) is 9.16. The fraction of sp³-hybridized carbons (Fsp3) is 0.167. The van der Waals surface area contributed by atoms with E-state index >= 15 is 0 Å². The number of para-hydroxylation sites is 1. The first kappa shape index (κ1) is 10.9. The summed E-state index contributed by atoms with van der Waals surface area (Å²) in [6.07, 6.45) is 0. The van der Waals surface area contributed by atoms with E-state index in [1.54, 1.807) is 0 Å². The molecular weight excluding hydrogens is 222 g/mol. The van der Waals surface area contributed by atoms with E-state index in [2.05, 4.69) is 15.5 Å². The van der Waals surface area contributed by atoms with Crippen molar-refractivity contribution >= 4 is 23.1 Å². The quantitative estimate of drug-likeness (QED) is 0.863. The second-order valence-corrected chi connectivity index (χ2v) is 3.94. The predicted molar refractivity (Wildman–Crippen MR) is 66.2 cm³/mol. The molecule has 0 aliphatic carbocycles. The van der Waals surface area contributed by atoms with E-state index in [-0.39, 0.29) is 0 Å². The van der Waals surface area contributed by atoms with Crippen LogP contribution in [0.5, 0.6) is 0 Å². The van der Waals surface area contributed by atoms with E-state index in [4.69, 9.17) is 11.6 Å². The molecule has 0 saturated carbocycles. The summed E-state index contributed by atoms with van der Waals surface area (Å²) in [6.45, 7) is 3.91. The van der Waals surface area contributed by atoms with Crippen LogP contribution in [-0.4, -0.2) is 10.2 Å². The van der Waals surface area contributed by atoms with Crippen molar-refractivity contribution in [2.75, 3.05) is 5.32 Å². The monoisotopic (exact) mass is 233 g/mol. The van der Waals surface area contributed by atoms with Gasteiger partial charge in [0.05, 0.1) is 0 Å². The molecule has 2 rings (SSSR count). The minimum atomic E-state index is 0.455. The smallest absolute Gasteiger partial charge is 0.156 e. The lowest BCUT2D eigenvalue weighted by molar-refractivity contribution is 1.00. The number of hydrogen-bond acceptors (Lipinski definition) is 3. The molecule has 0 amide bonds. The number of nitrogens with one attached hydrogen (secondary N) is 1. The fourth-order valence-electron chi connectivity index (χ4n) is 1.35. The van der Waals surface area contributed by atoms with Crippen LogP contribution in [0.4, 0.5) is 11.5 Å². The van der Waals surface area contributed by atoms with Crippen LogP contribution in [0.2, 0.25) is 5.15 Å². The number of aromatic nitrogens is 2. The highest BCUT2D eigenvalue weighted by molar-refractivity contribution is 6.30. The molecule has 0 unspecified atom stereocenters. The van der Waals surface area contributed by atoms with Gasteiger partial charge in [0.15, 0.2) is 11.0 Å². The number of nitrogens with zero attached hydrogens (tertiary/aromatic N) is 2.